The number of fused-ring (bicyclic) bond motifs is 2. The number of ketones is 3. The van der Waals surface area contributed by atoms with Crippen LogP contribution in [0.4, 0.5) is 4.79 Å². The van der Waals surface area contributed by atoms with Crippen molar-refractivity contribution in [2.45, 2.75) is 64.1 Å². The van der Waals surface area contributed by atoms with Crippen LogP contribution in [0.25, 0.3) is 0 Å². The number of Topliss-reactive ketones (excluding diaryl/α,β-unsaturated/α-hetero) is 1. The van der Waals surface area contributed by atoms with Crippen LogP contribution in [0.15, 0.2) is 34.7 Å². The van der Waals surface area contributed by atoms with E-state index in [1.54, 1.807) is 12.1 Å². The van der Waals surface area contributed by atoms with Gasteiger partial charge in [0.25, 0.3) is 0 Å². The molecule has 0 saturated heterocycles. The molecule has 0 bridgehead atoms. The number of ether oxygens (including phenoxy) is 3. The van der Waals surface area contributed by atoms with Crippen LogP contribution in [0.1, 0.15) is 88.0 Å². The Morgan fingerprint density at radius 2 is 1.73 bits per heavy atom. The summed E-state index contributed by atoms with van der Waals surface area (Å²) in [6, 6.07) is 7.52. The molecular weight excluding hydrogens is 432 g/mol. The van der Waals surface area contributed by atoms with Gasteiger partial charge in [-0.25, -0.2) is 4.79 Å². The molecule has 0 aliphatic heterocycles. The SMILES string of the molecule is CC(OC(=O)OC1CCCCC1)OC(O)CC(=O)c1cc2c(o1)C(=O)c1ccccc1C2=O. The first-order chi connectivity index (χ1) is 15.8. The summed E-state index contributed by atoms with van der Waals surface area (Å²) in [6.07, 6.45) is 0.265. The molecule has 1 fully saturated rings. The van der Waals surface area contributed by atoms with Crippen molar-refractivity contribution in [3.8, 4) is 0 Å². The standard InChI is InChI=1S/C24H24O9/c1-13(31-24(29)32-14-7-3-2-4-8-14)30-20(26)12-18(25)19-11-17-21(27)15-9-5-6-10-16(15)22(28)23(17)33-19/h5-6,9-11,13-14,20,26H,2-4,7-8,12H2,1H3. The highest BCUT2D eigenvalue weighted by Gasteiger charge is 2.35. The Labute approximate surface area is 189 Å². The van der Waals surface area contributed by atoms with Crippen LogP contribution in [0, 0.1) is 0 Å². The lowest BCUT2D eigenvalue weighted by Crippen LogP contribution is -2.29. The number of hydrogen-bond acceptors (Lipinski definition) is 9. The van der Waals surface area contributed by atoms with Gasteiger partial charge in [-0.15, -0.1) is 0 Å². The van der Waals surface area contributed by atoms with E-state index in [1.807, 2.05) is 0 Å². The first-order valence-electron chi connectivity index (χ1n) is 10.9. The average Bonchev–Trinajstić information content (AvgIpc) is 3.24. The molecule has 174 valence electrons. The second-order valence-electron chi connectivity index (χ2n) is 8.09. The van der Waals surface area contributed by atoms with Gasteiger partial charge in [0.05, 0.1) is 12.0 Å². The van der Waals surface area contributed by atoms with E-state index >= 15 is 0 Å². The summed E-state index contributed by atoms with van der Waals surface area (Å²) in [6.45, 7) is 1.38. The molecule has 2 aliphatic carbocycles. The number of carbonyl (C=O) groups excluding carboxylic acids is 4. The number of carbonyl (C=O) groups is 4. The molecule has 1 saturated carbocycles. The number of aliphatic hydroxyl groups excluding tert-OH is 1. The lowest BCUT2D eigenvalue weighted by molar-refractivity contribution is -0.205. The zero-order valence-electron chi connectivity index (χ0n) is 18.1. The van der Waals surface area contributed by atoms with Gasteiger partial charge in [0.15, 0.2) is 23.6 Å². The van der Waals surface area contributed by atoms with Gasteiger partial charge in [-0.3, -0.25) is 14.4 Å². The third kappa shape index (κ3) is 5.04. The Bertz CT molecular complexity index is 1020. The fourth-order valence-electron chi connectivity index (χ4n) is 4.05. The van der Waals surface area contributed by atoms with Crippen LogP contribution < -0.4 is 0 Å². The Morgan fingerprint density at radius 1 is 1.06 bits per heavy atom. The lowest BCUT2D eigenvalue weighted by atomic mass is 9.88. The number of furan rings is 1. The molecule has 0 radical (unpaired) electrons. The molecule has 1 aromatic carbocycles. The molecular formula is C24H24O9. The van der Waals surface area contributed by atoms with E-state index < -0.39 is 42.5 Å². The minimum absolute atomic E-state index is 0.000354. The number of hydrogen-bond donors (Lipinski definition) is 1. The van der Waals surface area contributed by atoms with Crippen molar-refractivity contribution in [3.05, 3.63) is 58.5 Å². The lowest BCUT2D eigenvalue weighted by Gasteiger charge is -2.23. The summed E-state index contributed by atoms with van der Waals surface area (Å²) < 4.78 is 20.7. The number of benzene rings is 1. The van der Waals surface area contributed by atoms with Crippen molar-refractivity contribution < 1.29 is 42.9 Å². The van der Waals surface area contributed by atoms with Gasteiger partial charge >= 0.3 is 6.16 Å². The first kappa shape index (κ1) is 22.9. The molecule has 33 heavy (non-hydrogen) atoms. The van der Waals surface area contributed by atoms with E-state index in [0.29, 0.717) is 0 Å². The Hall–Kier alpha value is -3.30. The van der Waals surface area contributed by atoms with E-state index in [-0.39, 0.29) is 34.3 Å². The maximum absolute atomic E-state index is 12.6. The number of rotatable bonds is 7. The predicted octanol–water partition coefficient (Wildman–Crippen LogP) is 3.79. The quantitative estimate of drug-likeness (QED) is 0.320. The fourth-order valence-corrected chi connectivity index (χ4v) is 4.05. The van der Waals surface area contributed by atoms with E-state index in [1.165, 1.54) is 25.1 Å². The van der Waals surface area contributed by atoms with Gasteiger partial charge in [-0.2, -0.15) is 0 Å². The fraction of sp³-hybridized carbons (Fsp3) is 0.417. The molecule has 2 aliphatic rings. The molecule has 1 aromatic heterocycles. The van der Waals surface area contributed by atoms with Crippen LogP contribution in [0.3, 0.4) is 0 Å². The summed E-state index contributed by atoms with van der Waals surface area (Å²) in [5.74, 6) is -2.05. The second-order valence-corrected chi connectivity index (χ2v) is 8.09. The molecule has 1 heterocycles. The molecule has 1 N–H and O–H groups in total. The highest BCUT2D eigenvalue weighted by Crippen LogP contribution is 2.30. The second kappa shape index (κ2) is 9.68. The minimum atomic E-state index is -1.61. The van der Waals surface area contributed by atoms with Crippen LogP contribution in [-0.2, 0) is 14.2 Å². The maximum atomic E-state index is 12.6. The monoisotopic (exact) mass is 456 g/mol. The van der Waals surface area contributed by atoms with Crippen molar-refractivity contribution in [2.24, 2.45) is 0 Å². The highest BCUT2D eigenvalue weighted by molar-refractivity contribution is 6.27. The normalized spacial score (nSPS) is 17.6. The van der Waals surface area contributed by atoms with Gasteiger partial charge in [0.2, 0.25) is 17.9 Å². The largest absolute Gasteiger partial charge is 0.510 e. The zero-order chi connectivity index (χ0) is 23.5. The Balaban J connectivity index is 1.32. The van der Waals surface area contributed by atoms with Crippen molar-refractivity contribution in [2.75, 3.05) is 0 Å². The topological polar surface area (TPSA) is 129 Å². The Morgan fingerprint density at radius 3 is 2.42 bits per heavy atom. The third-order valence-electron chi connectivity index (χ3n) is 5.66. The van der Waals surface area contributed by atoms with Crippen LogP contribution >= 0.6 is 0 Å². The summed E-state index contributed by atoms with van der Waals surface area (Å²) in [5.41, 5.74) is 0.446. The van der Waals surface area contributed by atoms with Gasteiger partial charge in [-0.1, -0.05) is 30.7 Å². The molecule has 2 unspecified atom stereocenters. The van der Waals surface area contributed by atoms with E-state index in [9.17, 15) is 24.3 Å². The molecule has 0 spiro atoms. The average molecular weight is 456 g/mol. The van der Waals surface area contributed by atoms with Gasteiger partial charge in [0, 0.05) is 11.1 Å². The summed E-state index contributed by atoms with van der Waals surface area (Å²) >= 11 is 0. The van der Waals surface area contributed by atoms with Crippen LogP contribution in [0.5, 0.6) is 0 Å². The molecule has 9 nitrogen and oxygen atoms in total. The third-order valence-corrected chi connectivity index (χ3v) is 5.66. The van der Waals surface area contributed by atoms with E-state index in [4.69, 9.17) is 18.6 Å². The van der Waals surface area contributed by atoms with Crippen LogP contribution in [-0.4, -0.2) is 47.3 Å². The minimum Gasteiger partial charge on any atom is -0.449 e. The number of aliphatic hydroxyl groups is 1. The maximum Gasteiger partial charge on any atom is 0.510 e. The summed E-state index contributed by atoms with van der Waals surface area (Å²) in [7, 11) is 0. The van der Waals surface area contributed by atoms with Crippen molar-refractivity contribution >= 4 is 23.5 Å². The van der Waals surface area contributed by atoms with Crippen molar-refractivity contribution in [1.29, 1.82) is 0 Å². The van der Waals surface area contributed by atoms with Gasteiger partial charge in [-0.05, 0) is 38.7 Å². The molecule has 2 aromatic rings. The molecule has 9 heteroatoms. The zero-order valence-corrected chi connectivity index (χ0v) is 18.1. The van der Waals surface area contributed by atoms with E-state index in [0.717, 1.165) is 32.1 Å². The summed E-state index contributed by atoms with van der Waals surface area (Å²) in [4.78, 5) is 49.7. The molecule has 0 amide bonds. The van der Waals surface area contributed by atoms with Crippen molar-refractivity contribution in [3.63, 3.8) is 0 Å². The predicted molar refractivity (Wildman–Crippen MR) is 112 cm³/mol. The first-order valence-corrected chi connectivity index (χ1v) is 10.9. The Kier molecular flexibility index (Phi) is 6.71. The van der Waals surface area contributed by atoms with E-state index in [2.05, 4.69) is 0 Å². The molecule has 2 atom stereocenters. The van der Waals surface area contributed by atoms with Gasteiger partial charge in [0.1, 0.15) is 6.10 Å². The van der Waals surface area contributed by atoms with Crippen LogP contribution in [0.2, 0.25) is 0 Å². The molecule has 4 rings (SSSR count). The summed E-state index contributed by atoms with van der Waals surface area (Å²) in [5, 5.41) is 10.1. The smallest absolute Gasteiger partial charge is 0.449 e. The highest BCUT2D eigenvalue weighted by atomic mass is 16.8. The van der Waals surface area contributed by atoms with Crippen molar-refractivity contribution in [1.82, 2.24) is 0 Å². The van der Waals surface area contributed by atoms with Gasteiger partial charge < -0.3 is 23.7 Å².